The van der Waals surface area contributed by atoms with Crippen LogP contribution >= 0.6 is 11.6 Å². The van der Waals surface area contributed by atoms with E-state index in [4.69, 9.17) is 11.6 Å². The lowest BCUT2D eigenvalue weighted by Crippen LogP contribution is -2.49. The van der Waals surface area contributed by atoms with Gasteiger partial charge in [0.1, 0.15) is 11.4 Å². The van der Waals surface area contributed by atoms with E-state index >= 15 is 0 Å². The van der Waals surface area contributed by atoms with Crippen LogP contribution in [0.4, 0.5) is 13.2 Å². The molecule has 0 bridgehead atoms. The monoisotopic (exact) mass is 578 g/mol. The first-order valence-electron chi connectivity index (χ1n) is 13.1. The third-order valence-electron chi connectivity index (χ3n) is 7.74. The van der Waals surface area contributed by atoms with Crippen LogP contribution in [0.5, 0.6) is 5.75 Å². The number of carbonyl (C=O) groups excluding carboxylic acids is 1. The SMILES string of the molecule is CC1(C)CN(C(=O)CN2CCC(C(=O)O)CC2)Cc2c1c1cccnc1n2Cc1ccc(OC(F)(F)F)c(Cl)c1. The van der Waals surface area contributed by atoms with E-state index in [0.717, 1.165) is 22.3 Å². The van der Waals surface area contributed by atoms with Gasteiger partial charge in [-0.3, -0.25) is 14.5 Å². The Hall–Kier alpha value is -3.31. The van der Waals surface area contributed by atoms with E-state index in [0.29, 0.717) is 44.6 Å². The van der Waals surface area contributed by atoms with Crippen molar-refractivity contribution >= 4 is 34.5 Å². The van der Waals surface area contributed by atoms with Crippen molar-refractivity contribution in [3.05, 3.63) is 58.4 Å². The van der Waals surface area contributed by atoms with Crippen LogP contribution in [0.2, 0.25) is 5.02 Å². The molecule has 0 aliphatic carbocycles. The van der Waals surface area contributed by atoms with Crippen LogP contribution in [0.1, 0.15) is 43.5 Å². The van der Waals surface area contributed by atoms with Crippen molar-refractivity contribution in [2.75, 3.05) is 26.2 Å². The molecule has 214 valence electrons. The second-order valence-electron chi connectivity index (χ2n) is 11.1. The normalized spacial score (nSPS) is 18.1. The van der Waals surface area contributed by atoms with Gasteiger partial charge in [0.15, 0.2) is 0 Å². The molecule has 0 spiro atoms. The van der Waals surface area contributed by atoms with Gasteiger partial charge in [-0.1, -0.05) is 31.5 Å². The fourth-order valence-corrected chi connectivity index (χ4v) is 6.19. The summed E-state index contributed by atoms with van der Waals surface area (Å²) in [6, 6.07) is 8.04. The number of alkyl halides is 3. The van der Waals surface area contributed by atoms with E-state index in [-0.39, 0.29) is 29.9 Å². The van der Waals surface area contributed by atoms with Gasteiger partial charge in [0.25, 0.3) is 0 Å². The van der Waals surface area contributed by atoms with E-state index in [2.05, 4.69) is 23.6 Å². The molecule has 8 nitrogen and oxygen atoms in total. The van der Waals surface area contributed by atoms with Crippen LogP contribution in [0.25, 0.3) is 11.0 Å². The number of aliphatic carboxylic acids is 1. The third kappa shape index (κ3) is 5.76. The molecule has 1 N–H and O–H groups in total. The number of fused-ring (bicyclic) bond motifs is 3. The minimum Gasteiger partial charge on any atom is -0.481 e. The van der Waals surface area contributed by atoms with Crippen LogP contribution in [-0.4, -0.2) is 68.9 Å². The second-order valence-corrected chi connectivity index (χ2v) is 11.5. The summed E-state index contributed by atoms with van der Waals surface area (Å²) in [6.45, 7) is 6.65. The molecule has 2 aliphatic rings. The zero-order valence-corrected chi connectivity index (χ0v) is 22.9. The molecule has 1 amide bonds. The topological polar surface area (TPSA) is 87.9 Å². The highest BCUT2D eigenvalue weighted by Crippen LogP contribution is 2.41. The van der Waals surface area contributed by atoms with Gasteiger partial charge >= 0.3 is 12.3 Å². The Balaban J connectivity index is 1.43. The van der Waals surface area contributed by atoms with Crippen LogP contribution in [-0.2, 0) is 28.1 Å². The van der Waals surface area contributed by atoms with Gasteiger partial charge in [0, 0.05) is 35.8 Å². The number of nitrogens with zero attached hydrogens (tertiary/aromatic N) is 4. The van der Waals surface area contributed by atoms with Crippen molar-refractivity contribution in [1.82, 2.24) is 19.4 Å². The predicted molar refractivity (Wildman–Crippen MR) is 142 cm³/mol. The number of hydrogen-bond donors (Lipinski definition) is 1. The minimum atomic E-state index is -4.85. The Bertz CT molecular complexity index is 1450. The van der Waals surface area contributed by atoms with Gasteiger partial charge in [0.05, 0.1) is 24.0 Å². The molecule has 12 heteroatoms. The highest BCUT2D eigenvalue weighted by molar-refractivity contribution is 6.32. The number of carboxylic acid groups (broad SMARTS) is 1. The number of hydrogen-bond acceptors (Lipinski definition) is 5. The zero-order chi connectivity index (χ0) is 28.8. The summed E-state index contributed by atoms with van der Waals surface area (Å²) in [5.41, 5.74) is 2.98. The van der Waals surface area contributed by atoms with Crippen LogP contribution in [0, 0.1) is 5.92 Å². The van der Waals surface area contributed by atoms with Crippen molar-refractivity contribution in [2.24, 2.45) is 5.92 Å². The first-order chi connectivity index (χ1) is 18.8. The molecule has 0 radical (unpaired) electrons. The van der Waals surface area contributed by atoms with E-state index in [9.17, 15) is 27.9 Å². The Morgan fingerprint density at radius 2 is 1.93 bits per heavy atom. The number of halogens is 4. The van der Waals surface area contributed by atoms with Crippen molar-refractivity contribution in [3.63, 3.8) is 0 Å². The van der Waals surface area contributed by atoms with E-state index in [1.165, 1.54) is 18.2 Å². The molecule has 40 heavy (non-hydrogen) atoms. The Labute approximate surface area is 234 Å². The lowest BCUT2D eigenvalue weighted by Gasteiger charge is -2.40. The number of likely N-dealkylation sites (tertiary alicyclic amines) is 1. The molecule has 0 unspecified atom stereocenters. The smallest absolute Gasteiger partial charge is 0.481 e. The summed E-state index contributed by atoms with van der Waals surface area (Å²) in [4.78, 5) is 33.2. The predicted octanol–water partition coefficient (Wildman–Crippen LogP) is 5.05. The number of aromatic nitrogens is 2. The van der Waals surface area contributed by atoms with E-state index in [1.54, 1.807) is 6.20 Å². The molecular weight excluding hydrogens is 549 g/mol. The number of ether oxygens (including phenoxy) is 1. The Morgan fingerprint density at radius 1 is 1.20 bits per heavy atom. The van der Waals surface area contributed by atoms with Crippen molar-refractivity contribution < 1.29 is 32.6 Å². The molecule has 0 saturated carbocycles. The third-order valence-corrected chi connectivity index (χ3v) is 8.04. The number of pyridine rings is 1. The van der Waals surface area contributed by atoms with Gasteiger partial charge in [-0.15, -0.1) is 13.2 Å². The number of piperidine rings is 1. The molecule has 5 rings (SSSR count). The molecule has 3 aromatic rings. The minimum absolute atomic E-state index is 0.0334. The van der Waals surface area contributed by atoms with Gasteiger partial charge in [0.2, 0.25) is 5.91 Å². The fraction of sp³-hybridized carbons (Fsp3) is 0.464. The number of rotatable bonds is 6. The van der Waals surface area contributed by atoms with E-state index < -0.39 is 23.5 Å². The Kier molecular flexibility index (Phi) is 7.47. The maximum absolute atomic E-state index is 13.5. The number of amides is 1. The standard InChI is InChI=1S/C28H30ClF3N4O4/c1-27(2)16-35(23(37)15-34-10-7-18(8-11-34)26(38)39)14-21-24(27)19-4-3-9-33-25(19)36(21)13-17-5-6-22(20(29)12-17)40-28(30,31)32/h3-6,9,12,18H,7-8,10-11,13-16H2,1-2H3,(H,38,39). The van der Waals surface area contributed by atoms with Gasteiger partial charge in [-0.2, -0.15) is 0 Å². The van der Waals surface area contributed by atoms with Crippen molar-refractivity contribution in [1.29, 1.82) is 0 Å². The zero-order valence-electron chi connectivity index (χ0n) is 22.2. The summed E-state index contributed by atoms with van der Waals surface area (Å²) >= 11 is 6.13. The van der Waals surface area contributed by atoms with Gasteiger partial charge < -0.3 is 19.3 Å². The maximum atomic E-state index is 13.5. The largest absolute Gasteiger partial charge is 0.573 e. The van der Waals surface area contributed by atoms with Crippen molar-refractivity contribution in [2.45, 2.75) is 51.6 Å². The van der Waals surface area contributed by atoms with Crippen LogP contribution < -0.4 is 4.74 Å². The lowest BCUT2D eigenvalue weighted by molar-refractivity contribution is -0.274. The second kappa shape index (κ2) is 10.6. The summed E-state index contributed by atoms with van der Waals surface area (Å²) in [6.07, 6.45) is -2.12. The molecule has 1 saturated heterocycles. The first-order valence-corrected chi connectivity index (χ1v) is 13.4. The average Bonchev–Trinajstić information content (AvgIpc) is 3.19. The van der Waals surface area contributed by atoms with Gasteiger partial charge in [-0.25, -0.2) is 4.98 Å². The highest BCUT2D eigenvalue weighted by atomic mass is 35.5. The number of carbonyl (C=O) groups is 2. The quantitative estimate of drug-likeness (QED) is 0.440. The van der Waals surface area contributed by atoms with E-state index in [1.807, 2.05) is 26.5 Å². The summed E-state index contributed by atoms with van der Waals surface area (Å²) in [7, 11) is 0. The first kappa shape index (κ1) is 28.2. The average molecular weight is 579 g/mol. The molecule has 4 heterocycles. The molecule has 2 aromatic heterocycles. The summed E-state index contributed by atoms with van der Waals surface area (Å²) < 4.78 is 44.1. The highest BCUT2D eigenvalue weighted by Gasteiger charge is 2.39. The number of benzene rings is 1. The molecule has 2 aliphatic heterocycles. The van der Waals surface area contributed by atoms with Crippen LogP contribution in [0.15, 0.2) is 36.5 Å². The lowest BCUT2D eigenvalue weighted by atomic mass is 9.79. The fourth-order valence-electron chi connectivity index (χ4n) is 5.95. The molecule has 1 fully saturated rings. The molecule has 1 aromatic carbocycles. The van der Waals surface area contributed by atoms with Gasteiger partial charge in [-0.05, 0) is 61.3 Å². The molecule has 0 atom stereocenters. The maximum Gasteiger partial charge on any atom is 0.573 e. The van der Waals surface area contributed by atoms with Crippen molar-refractivity contribution in [3.8, 4) is 5.75 Å². The molecular formula is C28H30ClF3N4O4. The number of carboxylic acids is 1. The summed E-state index contributed by atoms with van der Waals surface area (Å²) in [5, 5.41) is 10.1. The Morgan fingerprint density at radius 3 is 2.58 bits per heavy atom. The summed E-state index contributed by atoms with van der Waals surface area (Å²) in [5.74, 6) is -1.66. The van der Waals surface area contributed by atoms with Crippen LogP contribution in [0.3, 0.4) is 0 Å².